The third kappa shape index (κ3) is 1.81. The van der Waals surface area contributed by atoms with E-state index < -0.39 is 0 Å². The van der Waals surface area contributed by atoms with Crippen molar-refractivity contribution >= 4 is 37.4 Å². The molecule has 0 aliphatic rings. The van der Waals surface area contributed by atoms with Crippen LogP contribution in [0.25, 0.3) is 21.2 Å². The maximum absolute atomic E-state index is 3.70. The number of benzene rings is 2. The lowest BCUT2D eigenvalue weighted by Crippen LogP contribution is -1.81. The lowest BCUT2D eigenvalue weighted by atomic mass is 10.0. The Kier molecular flexibility index (Phi) is 2.77. The Morgan fingerprint density at radius 3 is 2.47 bits per heavy atom. The second kappa shape index (κ2) is 4.28. The van der Waals surface area contributed by atoms with Gasteiger partial charge in [-0.3, -0.25) is 0 Å². The molecule has 0 aliphatic heterocycles. The number of hydrogen-bond donors (Lipinski definition) is 0. The number of aryl methyl sites for hydroxylation is 1. The van der Waals surface area contributed by atoms with Gasteiger partial charge in [-0.15, -0.1) is 11.3 Å². The van der Waals surface area contributed by atoms with Crippen molar-refractivity contribution in [1.29, 1.82) is 0 Å². The summed E-state index contributed by atoms with van der Waals surface area (Å²) in [5, 5.41) is 1.33. The predicted molar refractivity (Wildman–Crippen MR) is 79.7 cm³/mol. The fourth-order valence-corrected chi connectivity index (χ4v) is 4.01. The Balaban J connectivity index is 2.38. The van der Waals surface area contributed by atoms with E-state index in [4.69, 9.17) is 0 Å². The summed E-state index contributed by atoms with van der Waals surface area (Å²) in [4.78, 5) is 0. The van der Waals surface area contributed by atoms with Gasteiger partial charge in [0.05, 0.1) is 3.79 Å². The molecule has 1 heterocycles. The van der Waals surface area contributed by atoms with Crippen molar-refractivity contribution in [2.24, 2.45) is 0 Å². The number of hydrogen-bond acceptors (Lipinski definition) is 1. The Bertz CT molecular complexity index is 682. The molecule has 0 nitrogen and oxygen atoms in total. The van der Waals surface area contributed by atoms with E-state index in [0.717, 1.165) is 0 Å². The topological polar surface area (TPSA) is 0 Å². The largest absolute Gasteiger partial charge is 0.128 e. The van der Waals surface area contributed by atoms with Crippen molar-refractivity contribution in [1.82, 2.24) is 0 Å². The lowest BCUT2D eigenvalue weighted by Gasteiger charge is -2.05. The van der Waals surface area contributed by atoms with Crippen LogP contribution in [0.2, 0.25) is 0 Å². The highest BCUT2D eigenvalue weighted by molar-refractivity contribution is 9.11. The zero-order valence-electron chi connectivity index (χ0n) is 9.41. The molecule has 0 fully saturated rings. The van der Waals surface area contributed by atoms with E-state index >= 15 is 0 Å². The maximum Gasteiger partial charge on any atom is 0.0789 e. The van der Waals surface area contributed by atoms with Crippen LogP contribution in [-0.2, 0) is 0 Å². The van der Waals surface area contributed by atoms with Crippen LogP contribution in [0.4, 0.5) is 0 Å². The van der Waals surface area contributed by atoms with Crippen molar-refractivity contribution in [3.63, 3.8) is 0 Å². The highest BCUT2D eigenvalue weighted by Gasteiger charge is 2.12. The summed E-state index contributed by atoms with van der Waals surface area (Å²) in [7, 11) is 0. The number of fused-ring (bicyclic) bond motifs is 1. The molecule has 0 saturated heterocycles. The minimum Gasteiger partial charge on any atom is -0.128 e. The van der Waals surface area contributed by atoms with Gasteiger partial charge < -0.3 is 0 Å². The quantitative estimate of drug-likeness (QED) is 0.546. The standard InChI is InChI=1S/C15H11BrS/c1-10-6-2-3-7-11(10)14-12-8-4-5-9-13(12)17-15(14)16/h2-9H,1H3. The maximum atomic E-state index is 3.70. The van der Waals surface area contributed by atoms with Crippen molar-refractivity contribution in [3.05, 3.63) is 57.9 Å². The first-order valence-corrected chi connectivity index (χ1v) is 7.11. The Hall–Kier alpha value is -1.12. The smallest absolute Gasteiger partial charge is 0.0789 e. The third-order valence-electron chi connectivity index (χ3n) is 2.97. The van der Waals surface area contributed by atoms with Crippen LogP contribution in [0.5, 0.6) is 0 Å². The summed E-state index contributed by atoms with van der Waals surface area (Å²) in [6, 6.07) is 17.1. The van der Waals surface area contributed by atoms with Crippen LogP contribution in [0, 0.1) is 6.92 Å². The monoisotopic (exact) mass is 302 g/mol. The van der Waals surface area contributed by atoms with Gasteiger partial charge in [0.15, 0.2) is 0 Å². The predicted octanol–water partition coefficient (Wildman–Crippen LogP) is 5.64. The molecule has 0 aliphatic carbocycles. The first-order chi connectivity index (χ1) is 8.27. The van der Waals surface area contributed by atoms with Crippen molar-refractivity contribution in [2.45, 2.75) is 6.92 Å². The molecule has 0 unspecified atom stereocenters. The van der Waals surface area contributed by atoms with Gasteiger partial charge in [-0.2, -0.15) is 0 Å². The average molecular weight is 303 g/mol. The fraction of sp³-hybridized carbons (Fsp3) is 0.0667. The highest BCUT2D eigenvalue weighted by atomic mass is 79.9. The molecule has 1 aromatic heterocycles. The van der Waals surface area contributed by atoms with Gasteiger partial charge in [-0.25, -0.2) is 0 Å². The van der Waals surface area contributed by atoms with E-state index in [-0.39, 0.29) is 0 Å². The van der Waals surface area contributed by atoms with Crippen LogP contribution in [0.3, 0.4) is 0 Å². The number of rotatable bonds is 1. The average Bonchev–Trinajstić information content (AvgIpc) is 2.66. The van der Waals surface area contributed by atoms with E-state index in [1.54, 1.807) is 11.3 Å². The molecule has 0 N–H and O–H groups in total. The summed E-state index contributed by atoms with van der Waals surface area (Å²) in [5.41, 5.74) is 3.96. The van der Waals surface area contributed by atoms with Crippen LogP contribution in [0.15, 0.2) is 52.3 Å². The van der Waals surface area contributed by atoms with Crippen LogP contribution >= 0.6 is 27.3 Å². The molecule has 3 rings (SSSR count). The molecule has 0 spiro atoms. The zero-order chi connectivity index (χ0) is 11.8. The molecule has 0 saturated carbocycles. The Morgan fingerprint density at radius 1 is 0.941 bits per heavy atom. The normalized spacial score (nSPS) is 10.9. The van der Waals surface area contributed by atoms with E-state index in [2.05, 4.69) is 71.4 Å². The van der Waals surface area contributed by atoms with Gasteiger partial charge in [-0.05, 0) is 40.0 Å². The summed E-state index contributed by atoms with van der Waals surface area (Å²) in [6.07, 6.45) is 0. The zero-order valence-corrected chi connectivity index (χ0v) is 11.8. The summed E-state index contributed by atoms with van der Waals surface area (Å²) < 4.78 is 2.55. The number of thiophene rings is 1. The fourth-order valence-electron chi connectivity index (χ4n) is 2.12. The van der Waals surface area contributed by atoms with Gasteiger partial charge in [0.25, 0.3) is 0 Å². The summed E-state index contributed by atoms with van der Waals surface area (Å²) >= 11 is 5.50. The molecular formula is C15H11BrS. The summed E-state index contributed by atoms with van der Waals surface area (Å²) in [5.74, 6) is 0. The van der Waals surface area contributed by atoms with E-state index in [9.17, 15) is 0 Å². The van der Waals surface area contributed by atoms with Gasteiger partial charge in [0.1, 0.15) is 0 Å². The highest BCUT2D eigenvalue weighted by Crippen LogP contribution is 2.42. The van der Waals surface area contributed by atoms with Crippen molar-refractivity contribution in [2.75, 3.05) is 0 Å². The lowest BCUT2D eigenvalue weighted by molar-refractivity contribution is 1.47. The SMILES string of the molecule is Cc1ccccc1-c1c(Br)sc2ccccc12. The molecule has 0 radical (unpaired) electrons. The second-order valence-corrected chi connectivity index (χ2v) is 6.43. The van der Waals surface area contributed by atoms with Crippen molar-refractivity contribution in [3.8, 4) is 11.1 Å². The minimum absolute atomic E-state index is 1.22. The molecule has 3 aromatic rings. The first kappa shape index (κ1) is 11.0. The molecular weight excluding hydrogens is 292 g/mol. The molecule has 84 valence electrons. The first-order valence-electron chi connectivity index (χ1n) is 5.50. The van der Waals surface area contributed by atoms with Gasteiger partial charge >= 0.3 is 0 Å². The Morgan fingerprint density at radius 2 is 1.65 bits per heavy atom. The molecule has 17 heavy (non-hydrogen) atoms. The van der Waals surface area contributed by atoms with E-state index in [1.807, 2.05) is 0 Å². The third-order valence-corrected chi connectivity index (χ3v) is 4.81. The van der Waals surface area contributed by atoms with Gasteiger partial charge in [0.2, 0.25) is 0 Å². The molecule has 0 amide bonds. The van der Waals surface area contributed by atoms with E-state index in [0.29, 0.717) is 0 Å². The molecule has 0 atom stereocenters. The van der Waals surface area contributed by atoms with Crippen LogP contribution < -0.4 is 0 Å². The summed E-state index contributed by atoms with van der Waals surface area (Å²) in [6.45, 7) is 2.16. The minimum atomic E-state index is 1.22. The van der Waals surface area contributed by atoms with Crippen LogP contribution in [0.1, 0.15) is 5.56 Å². The van der Waals surface area contributed by atoms with Gasteiger partial charge in [0, 0.05) is 15.6 Å². The molecule has 2 aromatic carbocycles. The van der Waals surface area contributed by atoms with Gasteiger partial charge in [-0.1, -0.05) is 42.5 Å². The van der Waals surface area contributed by atoms with Crippen LogP contribution in [-0.4, -0.2) is 0 Å². The second-order valence-electron chi connectivity index (χ2n) is 4.06. The molecule has 2 heteroatoms. The molecule has 0 bridgehead atoms. The van der Waals surface area contributed by atoms with Crippen molar-refractivity contribution < 1.29 is 0 Å². The number of halogens is 1. The Labute approximate surface area is 113 Å². The van der Waals surface area contributed by atoms with E-state index in [1.165, 1.54) is 30.6 Å².